The Bertz CT molecular complexity index is 355. The first kappa shape index (κ1) is 17.2. The van der Waals surface area contributed by atoms with Crippen LogP contribution in [0.3, 0.4) is 0 Å². The number of nitrogens with one attached hydrogen (secondary N) is 1. The Labute approximate surface area is 124 Å². The normalized spacial score (nSPS) is 14.4. The number of ether oxygens (including phenoxy) is 1. The van der Waals surface area contributed by atoms with Gasteiger partial charge in [0.2, 0.25) is 0 Å². The lowest BCUT2D eigenvalue weighted by atomic mass is 9.81. The highest BCUT2D eigenvalue weighted by atomic mass is 16.5. The van der Waals surface area contributed by atoms with Crippen LogP contribution in [-0.4, -0.2) is 51.3 Å². The lowest BCUT2D eigenvalue weighted by molar-refractivity contribution is 0.114. The summed E-state index contributed by atoms with van der Waals surface area (Å²) in [6, 6.07) is 10.8. The van der Waals surface area contributed by atoms with Gasteiger partial charge in [-0.15, -0.1) is 0 Å². The van der Waals surface area contributed by atoms with E-state index in [9.17, 15) is 0 Å². The molecule has 0 bridgehead atoms. The summed E-state index contributed by atoms with van der Waals surface area (Å²) in [6.07, 6.45) is 0. The molecule has 1 aromatic rings. The van der Waals surface area contributed by atoms with Crippen molar-refractivity contribution in [2.75, 3.05) is 46.4 Å². The van der Waals surface area contributed by atoms with Crippen LogP contribution in [0, 0.1) is 0 Å². The van der Waals surface area contributed by atoms with E-state index in [1.165, 1.54) is 5.56 Å². The Hall–Kier alpha value is -0.900. The van der Waals surface area contributed by atoms with Crippen LogP contribution in [0.1, 0.15) is 26.3 Å². The third kappa shape index (κ3) is 5.61. The van der Waals surface area contributed by atoms with Gasteiger partial charge in [-0.05, 0) is 26.1 Å². The van der Waals surface area contributed by atoms with Gasteiger partial charge in [-0.3, -0.25) is 0 Å². The quantitative estimate of drug-likeness (QED) is 0.666. The van der Waals surface area contributed by atoms with Crippen LogP contribution in [0.5, 0.6) is 0 Å². The van der Waals surface area contributed by atoms with Crippen LogP contribution in [0.25, 0.3) is 0 Å². The minimum atomic E-state index is 0.123. The fraction of sp³-hybridized carbons (Fsp3) is 0.647. The summed E-state index contributed by atoms with van der Waals surface area (Å²) in [5, 5.41) is 3.50. The number of rotatable bonds is 10. The monoisotopic (exact) mass is 278 g/mol. The van der Waals surface area contributed by atoms with Gasteiger partial charge in [0.25, 0.3) is 0 Å². The lowest BCUT2D eigenvalue weighted by Gasteiger charge is -2.34. The Kier molecular flexibility index (Phi) is 7.82. The Morgan fingerprint density at radius 2 is 1.90 bits per heavy atom. The summed E-state index contributed by atoms with van der Waals surface area (Å²) < 4.78 is 5.45. The first-order valence-corrected chi connectivity index (χ1v) is 7.65. The highest BCUT2D eigenvalue weighted by Gasteiger charge is 2.27. The number of benzene rings is 1. The lowest BCUT2D eigenvalue weighted by Crippen LogP contribution is -2.45. The van der Waals surface area contributed by atoms with Crippen molar-refractivity contribution in [3.63, 3.8) is 0 Å². The molecule has 1 aromatic carbocycles. The van der Waals surface area contributed by atoms with Crippen molar-refractivity contribution in [3.05, 3.63) is 35.9 Å². The first-order valence-electron chi connectivity index (χ1n) is 7.65. The number of likely N-dealkylation sites (N-methyl/N-ethyl adjacent to an activating group) is 2. The second-order valence-corrected chi connectivity index (χ2v) is 5.64. The molecule has 1 N–H and O–H groups in total. The predicted octanol–water partition coefficient (Wildman–Crippen LogP) is 2.52. The highest BCUT2D eigenvalue weighted by molar-refractivity contribution is 5.25. The standard InChI is InChI=1S/C17H30N2O/c1-5-18-14-17(3,16-10-8-7-9-11-16)15-19(4)12-13-20-6-2/h7-11,18H,5-6,12-15H2,1-4H3. The molecule has 0 amide bonds. The Morgan fingerprint density at radius 1 is 1.20 bits per heavy atom. The van der Waals surface area contributed by atoms with Gasteiger partial charge in [-0.25, -0.2) is 0 Å². The molecule has 0 aliphatic carbocycles. The van der Waals surface area contributed by atoms with Crippen LogP contribution >= 0.6 is 0 Å². The van der Waals surface area contributed by atoms with Gasteiger partial charge in [0.05, 0.1) is 6.61 Å². The van der Waals surface area contributed by atoms with Crippen LogP contribution in [-0.2, 0) is 10.2 Å². The van der Waals surface area contributed by atoms with Crippen molar-refractivity contribution >= 4 is 0 Å². The molecule has 0 radical (unpaired) electrons. The minimum absolute atomic E-state index is 0.123. The molecular formula is C17H30N2O. The maximum atomic E-state index is 5.45. The van der Waals surface area contributed by atoms with Gasteiger partial charge < -0.3 is 15.0 Å². The smallest absolute Gasteiger partial charge is 0.0593 e. The molecule has 20 heavy (non-hydrogen) atoms. The van der Waals surface area contributed by atoms with Crippen molar-refractivity contribution in [2.45, 2.75) is 26.2 Å². The number of hydrogen-bond acceptors (Lipinski definition) is 3. The van der Waals surface area contributed by atoms with Gasteiger partial charge >= 0.3 is 0 Å². The molecule has 0 heterocycles. The largest absolute Gasteiger partial charge is 0.380 e. The van der Waals surface area contributed by atoms with Gasteiger partial charge in [0.1, 0.15) is 0 Å². The SMILES string of the molecule is CCNCC(C)(CN(C)CCOCC)c1ccccc1. The van der Waals surface area contributed by atoms with Crippen molar-refractivity contribution in [3.8, 4) is 0 Å². The number of nitrogens with zero attached hydrogens (tertiary/aromatic N) is 1. The summed E-state index contributed by atoms with van der Waals surface area (Å²) in [5.74, 6) is 0. The summed E-state index contributed by atoms with van der Waals surface area (Å²) in [5.41, 5.74) is 1.52. The van der Waals surface area contributed by atoms with E-state index >= 15 is 0 Å². The van der Waals surface area contributed by atoms with Gasteiger partial charge in [-0.2, -0.15) is 0 Å². The van der Waals surface area contributed by atoms with Crippen LogP contribution in [0.15, 0.2) is 30.3 Å². The Balaban J connectivity index is 2.68. The molecule has 114 valence electrons. The van der Waals surface area contributed by atoms with Gasteiger partial charge in [-0.1, -0.05) is 44.2 Å². The maximum absolute atomic E-state index is 5.45. The molecule has 1 atom stereocenters. The predicted molar refractivity (Wildman–Crippen MR) is 86.3 cm³/mol. The summed E-state index contributed by atoms with van der Waals surface area (Å²) in [4.78, 5) is 2.36. The molecule has 0 fully saturated rings. The van der Waals surface area contributed by atoms with Crippen molar-refractivity contribution in [1.29, 1.82) is 0 Å². The average molecular weight is 278 g/mol. The van der Waals surface area contributed by atoms with E-state index < -0.39 is 0 Å². The molecule has 3 nitrogen and oxygen atoms in total. The van der Waals surface area contributed by atoms with Crippen molar-refractivity contribution in [2.24, 2.45) is 0 Å². The van der Waals surface area contributed by atoms with E-state index in [4.69, 9.17) is 4.74 Å². The second-order valence-electron chi connectivity index (χ2n) is 5.64. The minimum Gasteiger partial charge on any atom is -0.380 e. The van der Waals surface area contributed by atoms with Crippen LogP contribution in [0.4, 0.5) is 0 Å². The van der Waals surface area contributed by atoms with Gasteiger partial charge in [0, 0.05) is 31.7 Å². The fourth-order valence-corrected chi connectivity index (χ4v) is 2.53. The van der Waals surface area contributed by atoms with Crippen LogP contribution in [0.2, 0.25) is 0 Å². The molecule has 0 aliphatic rings. The van der Waals surface area contributed by atoms with Gasteiger partial charge in [0.15, 0.2) is 0 Å². The van der Waals surface area contributed by atoms with Crippen LogP contribution < -0.4 is 5.32 Å². The molecule has 1 unspecified atom stereocenters. The van der Waals surface area contributed by atoms with E-state index in [-0.39, 0.29) is 5.41 Å². The third-order valence-electron chi connectivity index (χ3n) is 3.68. The molecule has 0 saturated carbocycles. The molecule has 0 aliphatic heterocycles. The molecule has 0 aromatic heterocycles. The molecular weight excluding hydrogens is 248 g/mol. The van der Waals surface area contributed by atoms with Crippen molar-refractivity contribution < 1.29 is 4.74 Å². The summed E-state index contributed by atoms with van der Waals surface area (Å²) in [7, 11) is 2.17. The van der Waals surface area contributed by atoms with E-state index in [0.717, 1.165) is 39.4 Å². The zero-order valence-corrected chi connectivity index (χ0v) is 13.5. The molecule has 1 rings (SSSR count). The fourth-order valence-electron chi connectivity index (χ4n) is 2.53. The number of hydrogen-bond donors (Lipinski definition) is 1. The zero-order chi connectivity index (χ0) is 14.8. The maximum Gasteiger partial charge on any atom is 0.0593 e. The van der Waals surface area contributed by atoms with Crippen molar-refractivity contribution in [1.82, 2.24) is 10.2 Å². The van der Waals surface area contributed by atoms with E-state index in [2.05, 4.69) is 61.4 Å². The molecule has 0 saturated heterocycles. The highest BCUT2D eigenvalue weighted by Crippen LogP contribution is 2.24. The average Bonchev–Trinajstić information content (AvgIpc) is 2.46. The first-order chi connectivity index (χ1) is 9.62. The molecule has 0 spiro atoms. The second kappa shape index (κ2) is 9.11. The van der Waals surface area contributed by atoms with E-state index in [1.807, 2.05) is 6.92 Å². The third-order valence-corrected chi connectivity index (χ3v) is 3.68. The Morgan fingerprint density at radius 3 is 2.50 bits per heavy atom. The summed E-state index contributed by atoms with van der Waals surface area (Å²) in [6.45, 7) is 12.1. The molecule has 3 heteroatoms. The zero-order valence-electron chi connectivity index (χ0n) is 13.5. The summed E-state index contributed by atoms with van der Waals surface area (Å²) >= 11 is 0. The topological polar surface area (TPSA) is 24.5 Å². The van der Waals surface area contributed by atoms with E-state index in [0.29, 0.717) is 0 Å². The van der Waals surface area contributed by atoms with E-state index in [1.54, 1.807) is 0 Å².